The summed E-state index contributed by atoms with van der Waals surface area (Å²) in [7, 11) is 1.43. The van der Waals surface area contributed by atoms with Gasteiger partial charge in [-0.15, -0.1) is 12.4 Å². The Morgan fingerprint density at radius 3 is 2.61 bits per heavy atom. The normalized spacial score (nSPS) is 17.1. The van der Waals surface area contributed by atoms with Crippen LogP contribution in [-0.4, -0.2) is 34.1 Å². The zero-order chi connectivity index (χ0) is 22.6. The first kappa shape index (κ1) is 22.8. The Balaban J connectivity index is 0.00000259. The van der Waals surface area contributed by atoms with Gasteiger partial charge in [-0.25, -0.2) is 9.78 Å². The van der Waals surface area contributed by atoms with E-state index in [4.69, 9.17) is 0 Å². The molecule has 1 atom stereocenters. The Hall–Kier alpha value is -3.36. The van der Waals surface area contributed by atoms with Gasteiger partial charge in [0.15, 0.2) is 0 Å². The molecule has 0 aliphatic carbocycles. The number of hydrogen-bond donors (Lipinski definition) is 2. The molecule has 1 aliphatic heterocycles. The van der Waals surface area contributed by atoms with Crippen LogP contribution in [0, 0.1) is 0 Å². The number of carboxylic acid groups (broad SMARTS) is 1. The monoisotopic (exact) mass is 526 g/mol. The molecule has 2 heterocycles. The van der Waals surface area contributed by atoms with E-state index in [1.807, 2.05) is 78.6 Å². The summed E-state index contributed by atoms with van der Waals surface area (Å²) in [4.78, 5) is 35.2. The smallest absolute Gasteiger partial charge is 0.413 e. The molecule has 2 amide bonds. The minimum absolute atomic E-state index is 0. The van der Waals surface area contributed by atoms with E-state index >= 15 is 0 Å². The highest BCUT2D eigenvalue weighted by molar-refractivity contribution is 9.10. The number of halogens is 2. The molecule has 1 aliphatic rings. The third kappa shape index (κ3) is 3.46. The fraction of sp³-hybridized carbons (Fsp3) is 0.125. The topological polar surface area (TPSA) is 89.5 Å². The average Bonchev–Trinajstić information content (AvgIpc) is 3.30. The molecule has 1 aromatic heterocycles. The van der Waals surface area contributed by atoms with Crippen LogP contribution in [0.15, 0.2) is 71.2 Å². The van der Waals surface area contributed by atoms with E-state index in [0.29, 0.717) is 16.6 Å². The van der Waals surface area contributed by atoms with Gasteiger partial charge in [0, 0.05) is 22.8 Å². The first-order chi connectivity index (χ1) is 15.3. The number of fused-ring (bicyclic) bond motifs is 2. The predicted octanol–water partition coefficient (Wildman–Crippen LogP) is 5.79. The zero-order valence-electron chi connectivity index (χ0n) is 17.7. The molecule has 3 aromatic carbocycles. The van der Waals surface area contributed by atoms with Gasteiger partial charge in [-0.2, -0.15) is 0 Å². The Kier molecular flexibility index (Phi) is 5.67. The van der Waals surface area contributed by atoms with Gasteiger partial charge < -0.3 is 10.1 Å². The van der Waals surface area contributed by atoms with Crippen molar-refractivity contribution in [2.75, 3.05) is 16.8 Å². The lowest BCUT2D eigenvalue weighted by Crippen LogP contribution is -2.42. The lowest BCUT2D eigenvalue weighted by molar-refractivity contribution is 0.0984. The second kappa shape index (κ2) is 8.20. The van der Waals surface area contributed by atoms with E-state index in [9.17, 15) is 14.7 Å². The number of benzene rings is 3. The van der Waals surface area contributed by atoms with E-state index < -0.39 is 11.6 Å². The number of anilines is 2. The van der Waals surface area contributed by atoms with Gasteiger partial charge in [-0.3, -0.25) is 14.6 Å². The van der Waals surface area contributed by atoms with Gasteiger partial charge in [0.25, 0.3) is 5.91 Å². The van der Waals surface area contributed by atoms with E-state index in [1.165, 1.54) is 7.05 Å². The zero-order valence-corrected chi connectivity index (χ0v) is 20.1. The largest absolute Gasteiger partial charge is 0.465 e. The Labute approximate surface area is 204 Å². The van der Waals surface area contributed by atoms with Gasteiger partial charge >= 0.3 is 6.09 Å². The summed E-state index contributed by atoms with van der Waals surface area (Å²) in [6.07, 6.45) is -1.10. The van der Waals surface area contributed by atoms with Crippen molar-refractivity contribution in [3.8, 4) is 0 Å². The number of nitrogens with zero attached hydrogens (tertiary/aromatic N) is 3. The molecule has 0 bridgehead atoms. The molecule has 0 spiro atoms. The highest BCUT2D eigenvalue weighted by Crippen LogP contribution is 2.47. The molecule has 7 nitrogen and oxygen atoms in total. The number of carbonyl (C=O) groups excluding carboxylic acids is 1. The number of nitrogens with one attached hydrogen (secondary N) is 1. The van der Waals surface area contributed by atoms with Crippen molar-refractivity contribution in [2.45, 2.75) is 12.5 Å². The Morgan fingerprint density at radius 1 is 1.12 bits per heavy atom. The molecule has 0 fully saturated rings. The summed E-state index contributed by atoms with van der Waals surface area (Å²) < 4.78 is 0.881. The third-order valence-electron chi connectivity index (χ3n) is 6.03. The predicted molar refractivity (Wildman–Crippen MR) is 134 cm³/mol. The molecule has 0 saturated carbocycles. The van der Waals surface area contributed by atoms with Crippen LogP contribution in [0.2, 0.25) is 0 Å². The van der Waals surface area contributed by atoms with Crippen LogP contribution in [0.5, 0.6) is 0 Å². The fourth-order valence-electron chi connectivity index (χ4n) is 4.36. The number of H-pyrrole nitrogens is 1. The molecular weight excluding hydrogens is 508 g/mol. The van der Waals surface area contributed by atoms with Crippen LogP contribution in [0.4, 0.5) is 16.4 Å². The number of rotatable bonds is 3. The second-order valence-corrected chi connectivity index (χ2v) is 8.79. The first-order valence-electron chi connectivity index (χ1n) is 9.97. The number of amides is 2. The lowest BCUT2D eigenvalue weighted by Gasteiger charge is -2.37. The number of imidazole rings is 1. The molecule has 9 heteroatoms. The third-order valence-corrected chi connectivity index (χ3v) is 6.53. The van der Waals surface area contributed by atoms with Crippen LogP contribution in [0.1, 0.15) is 28.4 Å². The molecule has 0 radical (unpaired) electrons. The Morgan fingerprint density at radius 2 is 1.88 bits per heavy atom. The molecule has 2 N–H and O–H groups in total. The maximum Gasteiger partial charge on any atom is 0.413 e. The minimum Gasteiger partial charge on any atom is -0.465 e. The Bertz CT molecular complexity index is 1410. The molecule has 168 valence electrons. The standard InChI is InChI=1S/C24H19BrN4O3.ClH/c1-24(14-10-11-19-20(12-14)27-22(26-19)28(2)23(31)32)18-9-4-3-8-17(18)21(30)29(24)16-7-5-6-15(25)13-16;/h3-13H,1-2H3,(H,26,27)(H,31,32);1H. The second-order valence-electron chi connectivity index (χ2n) is 7.87. The van der Waals surface area contributed by atoms with Crippen LogP contribution >= 0.6 is 28.3 Å². The lowest BCUT2D eigenvalue weighted by atomic mass is 9.84. The van der Waals surface area contributed by atoms with Crippen molar-refractivity contribution >= 4 is 63.0 Å². The molecular formula is C24H20BrClN4O3. The van der Waals surface area contributed by atoms with Gasteiger partial charge in [0.1, 0.15) is 0 Å². The van der Waals surface area contributed by atoms with E-state index in [2.05, 4.69) is 25.9 Å². The van der Waals surface area contributed by atoms with Crippen LogP contribution in [0.25, 0.3) is 11.0 Å². The minimum atomic E-state index is -1.10. The van der Waals surface area contributed by atoms with E-state index in [0.717, 1.165) is 26.2 Å². The van der Waals surface area contributed by atoms with Gasteiger partial charge in [-0.1, -0.05) is 46.3 Å². The summed E-state index contributed by atoms with van der Waals surface area (Å²) in [5.74, 6) is 0.166. The number of carbonyl (C=O) groups is 2. The number of aromatic nitrogens is 2. The molecule has 1 unspecified atom stereocenters. The summed E-state index contributed by atoms with van der Waals surface area (Å²) in [6, 6.07) is 21.0. The number of aromatic amines is 1. The molecule has 5 rings (SSSR count). The number of hydrogen-bond acceptors (Lipinski definition) is 3. The van der Waals surface area contributed by atoms with Gasteiger partial charge in [0.05, 0.1) is 16.6 Å². The highest BCUT2D eigenvalue weighted by atomic mass is 79.9. The van der Waals surface area contributed by atoms with E-state index in [-0.39, 0.29) is 24.3 Å². The van der Waals surface area contributed by atoms with Crippen molar-refractivity contribution in [1.82, 2.24) is 9.97 Å². The van der Waals surface area contributed by atoms with Gasteiger partial charge in [0.2, 0.25) is 5.95 Å². The molecule has 33 heavy (non-hydrogen) atoms. The molecule has 0 saturated heterocycles. The fourth-order valence-corrected chi connectivity index (χ4v) is 4.75. The highest BCUT2D eigenvalue weighted by Gasteiger charge is 2.48. The van der Waals surface area contributed by atoms with Crippen LogP contribution in [-0.2, 0) is 5.54 Å². The van der Waals surface area contributed by atoms with Crippen molar-refractivity contribution in [3.63, 3.8) is 0 Å². The maximum atomic E-state index is 13.5. The summed E-state index contributed by atoms with van der Waals surface area (Å²) in [6.45, 7) is 2.03. The van der Waals surface area contributed by atoms with Gasteiger partial charge in [-0.05, 0) is 54.4 Å². The average molecular weight is 528 g/mol. The van der Waals surface area contributed by atoms with Crippen molar-refractivity contribution in [3.05, 3.63) is 87.9 Å². The van der Waals surface area contributed by atoms with E-state index in [1.54, 1.807) is 0 Å². The van der Waals surface area contributed by atoms with Crippen LogP contribution < -0.4 is 9.80 Å². The molecule has 4 aromatic rings. The van der Waals surface area contributed by atoms with Crippen molar-refractivity contribution in [2.24, 2.45) is 0 Å². The van der Waals surface area contributed by atoms with Crippen molar-refractivity contribution < 1.29 is 14.7 Å². The van der Waals surface area contributed by atoms with Crippen LogP contribution in [0.3, 0.4) is 0 Å². The summed E-state index contributed by atoms with van der Waals surface area (Å²) in [5.41, 5.74) is 3.80. The van der Waals surface area contributed by atoms with Crippen molar-refractivity contribution in [1.29, 1.82) is 0 Å². The summed E-state index contributed by atoms with van der Waals surface area (Å²) >= 11 is 3.51. The quantitative estimate of drug-likeness (QED) is 0.353. The summed E-state index contributed by atoms with van der Waals surface area (Å²) in [5, 5.41) is 9.27. The maximum absolute atomic E-state index is 13.5. The first-order valence-corrected chi connectivity index (χ1v) is 10.8. The SMILES string of the molecule is CN(C(=O)O)c1nc2ccc(C3(C)c4ccccc4C(=O)N3c3cccc(Br)c3)cc2[nH]1.Cl.